The summed E-state index contributed by atoms with van der Waals surface area (Å²) in [6.07, 6.45) is 6.03. The first-order valence-electron chi connectivity index (χ1n) is 12.9. The van der Waals surface area contributed by atoms with E-state index in [0.29, 0.717) is 51.4 Å². The number of benzene rings is 1. The number of amides is 1. The third-order valence-corrected chi connectivity index (χ3v) is 7.65. The molecule has 1 aromatic carbocycles. The smallest absolute Gasteiger partial charge is 0.351 e. The van der Waals surface area contributed by atoms with Crippen LogP contribution < -0.4 is 10.8 Å². The Kier molecular flexibility index (Phi) is 6.74. The summed E-state index contributed by atoms with van der Waals surface area (Å²) in [6, 6.07) is 9.33. The zero-order chi connectivity index (χ0) is 27.1. The molecule has 4 heterocycles. The van der Waals surface area contributed by atoms with Gasteiger partial charge in [0.1, 0.15) is 5.82 Å². The summed E-state index contributed by atoms with van der Waals surface area (Å²) in [4.78, 5) is 44.2. The largest absolute Gasteiger partial charge is 0.427 e. The van der Waals surface area contributed by atoms with Crippen LogP contribution in [0.4, 0.5) is 9.18 Å². The number of ketones is 1. The Morgan fingerprint density at radius 3 is 2.67 bits per heavy atom. The van der Waals surface area contributed by atoms with E-state index in [1.54, 1.807) is 30.5 Å². The summed E-state index contributed by atoms with van der Waals surface area (Å²) in [5.41, 5.74) is 5.17. The minimum atomic E-state index is -0.733. The van der Waals surface area contributed by atoms with Crippen LogP contribution in [0, 0.1) is 17.7 Å². The number of carbonyl (C=O) groups excluding carboxylic acids is 2. The summed E-state index contributed by atoms with van der Waals surface area (Å²) >= 11 is 6.30. The number of rotatable bonds is 6. The van der Waals surface area contributed by atoms with Gasteiger partial charge in [0, 0.05) is 24.5 Å². The summed E-state index contributed by atoms with van der Waals surface area (Å²) < 4.78 is 16.6. The predicted octanol–water partition coefficient (Wildman–Crippen LogP) is 5.59. The predicted molar refractivity (Wildman–Crippen MR) is 142 cm³/mol. The lowest BCUT2D eigenvalue weighted by molar-refractivity contribution is 0.102. The van der Waals surface area contributed by atoms with Crippen molar-refractivity contribution in [1.82, 2.24) is 30.3 Å². The Morgan fingerprint density at radius 1 is 1.15 bits per heavy atom. The molecule has 1 unspecified atom stereocenters. The molecule has 1 atom stereocenters. The summed E-state index contributed by atoms with van der Waals surface area (Å²) in [5.74, 6) is -0.0148. The zero-order valence-electron chi connectivity index (χ0n) is 21.2. The maximum atomic E-state index is 14.8. The second kappa shape index (κ2) is 10.3. The summed E-state index contributed by atoms with van der Waals surface area (Å²) in [6.45, 7) is 2.79. The van der Waals surface area contributed by atoms with Crippen molar-refractivity contribution >= 4 is 34.5 Å². The minimum Gasteiger partial charge on any atom is -0.351 e. The monoisotopic (exact) mass is 548 g/mol. The van der Waals surface area contributed by atoms with Crippen molar-refractivity contribution < 1.29 is 18.8 Å². The Labute approximate surface area is 228 Å². The van der Waals surface area contributed by atoms with Crippen LogP contribution in [0.3, 0.4) is 0 Å². The average Bonchev–Trinajstić information content (AvgIpc) is 3.53. The van der Waals surface area contributed by atoms with Gasteiger partial charge in [-0.15, -0.1) is 5.48 Å². The molecule has 3 aromatic heterocycles. The van der Waals surface area contributed by atoms with E-state index >= 15 is 0 Å². The number of aromatic nitrogens is 4. The first-order chi connectivity index (χ1) is 18.9. The number of hydrogen-bond donors (Lipinski definition) is 2. The van der Waals surface area contributed by atoms with E-state index in [2.05, 4.69) is 22.7 Å². The van der Waals surface area contributed by atoms with Gasteiger partial charge < -0.3 is 9.40 Å². The highest BCUT2D eigenvalue weighted by atomic mass is 35.5. The second-order valence-electron chi connectivity index (χ2n) is 10.2. The summed E-state index contributed by atoms with van der Waals surface area (Å²) in [7, 11) is 0. The molecule has 11 heteroatoms. The Hall–Kier alpha value is -3.89. The minimum absolute atomic E-state index is 0.0522. The molecule has 1 aliphatic carbocycles. The molecule has 9 nitrogen and oxygen atoms in total. The number of hydroxylamine groups is 1. The van der Waals surface area contributed by atoms with Gasteiger partial charge in [-0.3, -0.25) is 15.1 Å². The molecule has 1 saturated heterocycles. The second-order valence-corrected chi connectivity index (χ2v) is 10.7. The van der Waals surface area contributed by atoms with E-state index in [9.17, 15) is 14.0 Å². The maximum absolute atomic E-state index is 14.8. The van der Waals surface area contributed by atoms with Crippen LogP contribution in [0.1, 0.15) is 60.6 Å². The fourth-order valence-electron chi connectivity index (χ4n) is 5.38. The summed E-state index contributed by atoms with van der Waals surface area (Å²) in [5, 5.41) is 3.06. The number of pyridine rings is 2. The van der Waals surface area contributed by atoms with E-state index in [1.807, 2.05) is 4.57 Å². The van der Waals surface area contributed by atoms with Crippen molar-refractivity contribution in [3.8, 4) is 11.3 Å². The number of halogens is 2. The lowest BCUT2D eigenvalue weighted by Crippen LogP contribution is -2.24. The molecule has 2 aliphatic rings. The quantitative estimate of drug-likeness (QED) is 0.302. The van der Waals surface area contributed by atoms with Crippen LogP contribution in [0.15, 0.2) is 48.8 Å². The van der Waals surface area contributed by atoms with Crippen LogP contribution in [0.2, 0.25) is 5.02 Å². The van der Waals surface area contributed by atoms with Crippen molar-refractivity contribution in [3.05, 3.63) is 76.7 Å². The van der Waals surface area contributed by atoms with Crippen LogP contribution in [-0.4, -0.2) is 31.4 Å². The first kappa shape index (κ1) is 25.4. The normalized spacial score (nSPS) is 21.1. The van der Waals surface area contributed by atoms with E-state index in [-0.39, 0.29) is 11.4 Å². The number of carbonyl (C=O) groups is 2. The van der Waals surface area contributed by atoms with Crippen molar-refractivity contribution in [3.63, 3.8) is 0 Å². The highest BCUT2D eigenvalue weighted by Gasteiger charge is 2.30. The van der Waals surface area contributed by atoms with Gasteiger partial charge in [-0.2, -0.15) is 0 Å². The highest BCUT2D eigenvalue weighted by Crippen LogP contribution is 2.35. The Morgan fingerprint density at radius 2 is 1.95 bits per heavy atom. The lowest BCUT2D eigenvalue weighted by atomic mass is 9.83. The third kappa shape index (κ3) is 4.97. The number of nitrogens with zero attached hydrogens (tertiary/aromatic N) is 4. The van der Waals surface area contributed by atoms with Crippen molar-refractivity contribution in [1.29, 1.82) is 0 Å². The molecular formula is C28H26ClFN6O3. The average molecular weight is 549 g/mol. The Balaban J connectivity index is 1.57. The van der Waals surface area contributed by atoms with E-state index < -0.39 is 23.9 Å². The van der Waals surface area contributed by atoms with Crippen LogP contribution >= 0.6 is 11.6 Å². The van der Waals surface area contributed by atoms with Gasteiger partial charge in [0.05, 0.1) is 33.0 Å². The molecule has 2 fully saturated rings. The SMILES string of the molecule is CC1CCC(Cn2c(C(=O)c3ccccc3F)nc3cc(C4NOC(=O)N4)nc(-c4cncc(Cl)c4)c32)CC1. The molecule has 0 bridgehead atoms. The number of fused-ring (bicyclic) bond motifs is 1. The molecule has 200 valence electrons. The van der Waals surface area contributed by atoms with Crippen LogP contribution in [0.25, 0.3) is 22.3 Å². The van der Waals surface area contributed by atoms with Crippen LogP contribution in [-0.2, 0) is 11.4 Å². The van der Waals surface area contributed by atoms with Gasteiger partial charge in [-0.1, -0.05) is 43.5 Å². The molecule has 1 saturated carbocycles. The highest BCUT2D eigenvalue weighted by molar-refractivity contribution is 6.30. The van der Waals surface area contributed by atoms with Crippen LogP contribution in [0.5, 0.6) is 0 Å². The maximum Gasteiger partial charge on any atom is 0.427 e. The van der Waals surface area contributed by atoms with E-state index in [4.69, 9.17) is 26.4 Å². The fraction of sp³-hybridized carbons (Fsp3) is 0.321. The van der Waals surface area contributed by atoms with Crippen molar-refractivity contribution in [2.24, 2.45) is 11.8 Å². The fourth-order valence-corrected chi connectivity index (χ4v) is 5.55. The van der Waals surface area contributed by atoms with Gasteiger partial charge in [-0.05, 0) is 48.9 Å². The van der Waals surface area contributed by atoms with E-state index in [0.717, 1.165) is 25.7 Å². The van der Waals surface area contributed by atoms with E-state index in [1.165, 1.54) is 18.3 Å². The van der Waals surface area contributed by atoms with Crippen molar-refractivity contribution in [2.75, 3.05) is 0 Å². The zero-order valence-corrected chi connectivity index (χ0v) is 21.9. The van der Waals surface area contributed by atoms with Gasteiger partial charge in [-0.25, -0.2) is 19.2 Å². The lowest BCUT2D eigenvalue weighted by Gasteiger charge is -2.27. The number of hydrogen-bond acceptors (Lipinski definition) is 7. The topological polar surface area (TPSA) is 111 Å². The van der Waals surface area contributed by atoms with Gasteiger partial charge in [0.15, 0.2) is 12.0 Å². The molecule has 1 aliphatic heterocycles. The van der Waals surface area contributed by atoms with Crippen molar-refractivity contribution in [2.45, 2.75) is 45.3 Å². The molecule has 39 heavy (non-hydrogen) atoms. The third-order valence-electron chi connectivity index (χ3n) is 7.45. The number of imidazole rings is 1. The first-order valence-corrected chi connectivity index (χ1v) is 13.3. The number of nitrogens with one attached hydrogen (secondary N) is 2. The molecule has 6 rings (SSSR count). The Bertz CT molecular complexity index is 1580. The van der Waals surface area contributed by atoms with Gasteiger partial charge in [0.25, 0.3) is 0 Å². The molecule has 1 amide bonds. The molecule has 0 spiro atoms. The standard InChI is InChI=1S/C28H26ClFN6O3/c1-15-6-8-16(9-7-15)14-36-24-21(33-27(36)25(37)19-4-2-3-5-20(19)30)11-22(26-34-28(38)39-35-26)32-23(24)17-10-18(29)13-31-12-17/h2-5,10-13,15-16,26,35H,6-9,14H2,1H3,(H,34,38). The molecule has 0 radical (unpaired) electrons. The molecular weight excluding hydrogens is 523 g/mol. The van der Waals surface area contributed by atoms with Gasteiger partial charge >= 0.3 is 6.09 Å². The molecule has 4 aromatic rings. The van der Waals surface area contributed by atoms with Gasteiger partial charge in [0.2, 0.25) is 5.78 Å². The molecule has 2 N–H and O–H groups in total.